The number of allylic oxidation sites excluding steroid dienone is 4. The lowest BCUT2D eigenvalue weighted by molar-refractivity contribution is -0.870. The lowest BCUT2D eigenvalue weighted by atomic mass is 10.0. The second-order valence-corrected chi connectivity index (χ2v) is 20.4. The molecule has 62 heavy (non-hydrogen) atoms. The van der Waals surface area contributed by atoms with Crippen LogP contribution in [0.5, 0.6) is 0 Å². The number of hydrogen-bond acceptors (Lipinski definition) is 7. The Kier molecular flexibility index (Phi) is 43.6. The van der Waals surface area contributed by atoms with E-state index in [4.69, 9.17) is 18.5 Å². The Morgan fingerprint density at radius 2 is 0.855 bits per heavy atom. The summed E-state index contributed by atoms with van der Waals surface area (Å²) in [6.07, 6.45) is 51.2. The largest absolute Gasteiger partial charge is 0.472 e. The molecule has 0 aliphatic heterocycles. The predicted octanol–water partition coefficient (Wildman–Crippen LogP) is 15.5. The number of carbonyl (C=O) groups excluding carboxylic acids is 2. The molecule has 1 N–H and O–H groups in total. The van der Waals surface area contributed by atoms with Crippen molar-refractivity contribution in [3.63, 3.8) is 0 Å². The Bertz CT molecular complexity index is 1110. The number of phosphoric ester groups is 1. The van der Waals surface area contributed by atoms with Crippen LogP contribution >= 0.6 is 7.82 Å². The number of unbranched alkanes of at least 4 members (excludes halogenated alkanes) is 30. The minimum atomic E-state index is -4.39. The van der Waals surface area contributed by atoms with Crippen LogP contribution in [0.2, 0.25) is 0 Å². The fourth-order valence-electron chi connectivity index (χ4n) is 7.39. The molecular weight excluding hydrogens is 798 g/mol. The van der Waals surface area contributed by atoms with Crippen LogP contribution in [0, 0.1) is 0 Å². The normalized spacial score (nSPS) is 13.6. The zero-order valence-corrected chi connectivity index (χ0v) is 42.3. The number of likely N-dealkylation sites (N-methyl/N-ethyl adjacent to an activating group) is 1. The Morgan fingerprint density at radius 3 is 1.26 bits per heavy atom. The molecule has 9 nitrogen and oxygen atoms in total. The Labute approximate surface area is 383 Å². The summed E-state index contributed by atoms with van der Waals surface area (Å²) in [5, 5.41) is 0. The monoisotopic (exact) mass is 899 g/mol. The molecule has 0 fully saturated rings. The SMILES string of the molecule is CCCCCCCCCCCCC/C=C/CCC(=O)OC[C@H](COP(=O)(O)OCC[N+](C)(C)C)OC(=O)CCC/C=C/CCCCCCCCCCCCCCCCCCCC. The maximum Gasteiger partial charge on any atom is 0.472 e. The van der Waals surface area contributed by atoms with E-state index in [-0.39, 0.29) is 26.1 Å². The van der Waals surface area contributed by atoms with Crippen LogP contribution in [-0.2, 0) is 32.7 Å². The van der Waals surface area contributed by atoms with E-state index in [1.165, 1.54) is 180 Å². The van der Waals surface area contributed by atoms with Crippen LogP contribution in [0.4, 0.5) is 0 Å². The molecule has 0 aromatic heterocycles. The average Bonchev–Trinajstić information content (AvgIpc) is 3.23. The van der Waals surface area contributed by atoms with E-state index in [1.807, 2.05) is 27.2 Å². The van der Waals surface area contributed by atoms with E-state index in [0.29, 0.717) is 23.9 Å². The number of carbonyl (C=O) groups is 2. The lowest BCUT2D eigenvalue weighted by Crippen LogP contribution is -2.37. The van der Waals surface area contributed by atoms with Gasteiger partial charge in [0, 0.05) is 12.8 Å². The van der Waals surface area contributed by atoms with Crippen molar-refractivity contribution in [3.05, 3.63) is 24.3 Å². The summed E-state index contributed by atoms with van der Waals surface area (Å²) in [4.78, 5) is 35.5. The van der Waals surface area contributed by atoms with Gasteiger partial charge in [-0.1, -0.05) is 212 Å². The van der Waals surface area contributed by atoms with E-state index in [1.54, 1.807) is 0 Å². The van der Waals surface area contributed by atoms with Gasteiger partial charge in [-0.25, -0.2) is 4.57 Å². The molecule has 0 heterocycles. The van der Waals surface area contributed by atoms with Crippen LogP contribution in [-0.4, -0.2) is 74.9 Å². The topological polar surface area (TPSA) is 108 Å². The number of ether oxygens (including phenoxy) is 2. The van der Waals surface area contributed by atoms with Crippen LogP contribution < -0.4 is 0 Å². The Morgan fingerprint density at radius 1 is 0.484 bits per heavy atom. The first-order valence-electron chi connectivity index (χ1n) is 26.1. The summed E-state index contributed by atoms with van der Waals surface area (Å²) in [6, 6.07) is 0. The van der Waals surface area contributed by atoms with Crippen molar-refractivity contribution in [2.24, 2.45) is 0 Å². The lowest BCUT2D eigenvalue weighted by Gasteiger charge is -2.24. The van der Waals surface area contributed by atoms with Gasteiger partial charge in [0.1, 0.15) is 19.8 Å². The van der Waals surface area contributed by atoms with Gasteiger partial charge in [-0.3, -0.25) is 18.6 Å². The summed E-state index contributed by atoms with van der Waals surface area (Å²) < 4.78 is 34.3. The van der Waals surface area contributed by atoms with Crippen LogP contribution in [0.25, 0.3) is 0 Å². The van der Waals surface area contributed by atoms with E-state index >= 15 is 0 Å². The smallest absolute Gasteiger partial charge is 0.462 e. The summed E-state index contributed by atoms with van der Waals surface area (Å²) in [7, 11) is 1.46. The Hall–Kier alpha value is -1.51. The van der Waals surface area contributed by atoms with Crippen molar-refractivity contribution in [3.8, 4) is 0 Å². The molecule has 2 atom stereocenters. The van der Waals surface area contributed by atoms with E-state index in [9.17, 15) is 19.0 Å². The summed E-state index contributed by atoms with van der Waals surface area (Å²) in [5.41, 5.74) is 0. The fourth-order valence-corrected chi connectivity index (χ4v) is 8.13. The van der Waals surface area contributed by atoms with E-state index in [2.05, 4.69) is 32.1 Å². The summed E-state index contributed by atoms with van der Waals surface area (Å²) in [6.45, 7) is 4.39. The third-order valence-electron chi connectivity index (χ3n) is 11.5. The highest BCUT2D eigenvalue weighted by atomic mass is 31.2. The second kappa shape index (κ2) is 44.7. The van der Waals surface area contributed by atoms with Gasteiger partial charge in [0.15, 0.2) is 6.10 Å². The van der Waals surface area contributed by atoms with E-state index in [0.717, 1.165) is 25.7 Å². The fraction of sp³-hybridized carbons (Fsp3) is 0.885. The molecular formula is C52H101NO8P+. The van der Waals surface area contributed by atoms with Crippen molar-refractivity contribution < 1.29 is 42.1 Å². The maximum absolute atomic E-state index is 12.7. The minimum Gasteiger partial charge on any atom is -0.462 e. The van der Waals surface area contributed by atoms with Gasteiger partial charge in [-0.2, -0.15) is 0 Å². The number of phosphoric acid groups is 1. The number of hydrogen-bond donors (Lipinski definition) is 1. The highest BCUT2D eigenvalue weighted by Gasteiger charge is 2.27. The van der Waals surface area contributed by atoms with Crippen LogP contribution in [0.15, 0.2) is 24.3 Å². The first kappa shape index (κ1) is 60.5. The van der Waals surface area contributed by atoms with Gasteiger partial charge < -0.3 is 18.9 Å². The molecule has 0 saturated carbocycles. The molecule has 0 bridgehead atoms. The number of nitrogens with zero attached hydrogens (tertiary/aromatic N) is 1. The predicted molar refractivity (Wildman–Crippen MR) is 261 cm³/mol. The molecule has 0 aromatic rings. The highest BCUT2D eigenvalue weighted by Crippen LogP contribution is 2.43. The molecule has 1 unspecified atom stereocenters. The zero-order valence-electron chi connectivity index (χ0n) is 41.4. The van der Waals surface area contributed by atoms with Gasteiger partial charge in [0.25, 0.3) is 0 Å². The van der Waals surface area contributed by atoms with Crippen molar-refractivity contribution >= 4 is 19.8 Å². The molecule has 0 spiro atoms. The van der Waals surface area contributed by atoms with Gasteiger partial charge in [0.05, 0.1) is 27.7 Å². The molecule has 0 aliphatic rings. The van der Waals surface area contributed by atoms with Crippen LogP contribution in [0.1, 0.15) is 245 Å². The molecule has 0 aromatic carbocycles. The summed E-state index contributed by atoms with van der Waals surface area (Å²) >= 11 is 0. The third kappa shape index (κ3) is 48.0. The number of rotatable bonds is 48. The Balaban J connectivity index is 4.25. The number of quaternary nitrogens is 1. The van der Waals surface area contributed by atoms with Crippen molar-refractivity contribution in [1.82, 2.24) is 0 Å². The standard InChI is InChI=1S/C52H100NO8P/c1-6-8-10-12-14-16-18-20-22-23-24-25-26-27-28-29-31-33-35-37-39-41-43-45-52(55)61-50(49-60-62(56,57)59-47-46-53(3,4)5)48-58-51(54)44-42-40-38-36-34-32-30-21-19-17-15-13-11-9-7-2/h37-40,50H,6-36,41-49H2,1-5H3/p+1/b39-37+,40-38+/t50-/m1/s1. The van der Waals surface area contributed by atoms with Crippen LogP contribution in [0.3, 0.4) is 0 Å². The zero-order chi connectivity index (χ0) is 45.7. The molecule has 0 amide bonds. The first-order valence-corrected chi connectivity index (χ1v) is 27.6. The van der Waals surface area contributed by atoms with Gasteiger partial charge >= 0.3 is 19.8 Å². The molecule has 0 rings (SSSR count). The van der Waals surface area contributed by atoms with Gasteiger partial charge in [-0.15, -0.1) is 0 Å². The quantitative estimate of drug-likeness (QED) is 0.0211. The van der Waals surface area contributed by atoms with Gasteiger partial charge in [-0.05, 0) is 44.9 Å². The maximum atomic E-state index is 12.7. The molecule has 0 aliphatic carbocycles. The van der Waals surface area contributed by atoms with Crippen molar-refractivity contribution in [2.45, 2.75) is 251 Å². The number of esters is 2. The first-order chi connectivity index (χ1) is 30.0. The van der Waals surface area contributed by atoms with Gasteiger partial charge in [0.2, 0.25) is 0 Å². The minimum absolute atomic E-state index is 0.0244. The average molecular weight is 899 g/mol. The third-order valence-corrected chi connectivity index (χ3v) is 12.5. The summed E-state index contributed by atoms with van der Waals surface area (Å²) in [5.74, 6) is -0.882. The second-order valence-electron chi connectivity index (χ2n) is 18.9. The molecule has 0 radical (unpaired) electrons. The van der Waals surface area contributed by atoms with E-state index < -0.39 is 32.5 Å². The molecule has 10 heteroatoms. The molecule has 0 saturated heterocycles. The highest BCUT2D eigenvalue weighted by molar-refractivity contribution is 7.47. The molecule has 366 valence electrons. The van der Waals surface area contributed by atoms with Crippen molar-refractivity contribution in [2.75, 3.05) is 47.5 Å². The van der Waals surface area contributed by atoms with Crippen molar-refractivity contribution in [1.29, 1.82) is 0 Å².